The Hall–Kier alpha value is -0.790. The van der Waals surface area contributed by atoms with Crippen LogP contribution in [-0.2, 0) is 4.79 Å². The van der Waals surface area contributed by atoms with E-state index in [1.54, 1.807) is 6.92 Å². The molecule has 56 valence electrons. The van der Waals surface area contributed by atoms with Crippen LogP contribution in [0.3, 0.4) is 0 Å². The van der Waals surface area contributed by atoms with Crippen LogP contribution >= 0.6 is 0 Å². The van der Waals surface area contributed by atoms with Crippen molar-refractivity contribution in [2.75, 3.05) is 7.05 Å². The number of carbonyl (C=O) groups excluding carboxylic acids is 1. The summed E-state index contributed by atoms with van der Waals surface area (Å²) < 4.78 is 0. The molecule has 1 unspecified atom stereocenters. The topological polar surface area (TPSA) is 20.3 Å². The number of rotatable bonds is 1. The Kier molecular flexibility index (Phi) is 2.10. The van der Waals surface area contributed by atoms with E-state index >= 15 is 0 Å². The number of hydrogen-bond acceptors (Lipinski definition) is 2. The van der Waals surface area contributed by atoms with E-state index in [1.165, 1.54) is 0 Å². The molecular formula is C8H13NO. The third-order valence-electron chi connectivity index (χ3n) is 1.91. The Morgan fingerprint density at radius 2 is 2.40 bits per heavy atom. The van der Waals surface area contributed by atoms with E-state index in [0.29, 0.717) is 0 Å². The Morgan fingerprint density at radius 1 is 1.70 bits per heavy atom. The van der Waals surface area contributed by atoms with E-state index in [-0.39, 0.29) is 11.8 Å². The summed E-state index contributed by atoms with van der Waals surface area (Å²) in [6.45, 7) is 1.65. The molecule has 2 nitrogen and oxygen atoms in total. The van der Waals surface area contributed by atoms with Gasteiger partial charge >= 0.3 is 0 Å². The van der Waals surface area contributed by atoms with Crippen LogP contribution in [0.2, 0.25) is 0 Å². The number of nitrogens with zero attached hydrogens (tertiary/aromatic N) is 1. The van der Waals surface area contributed by atoms with Crippen LogP contribution in [0.1, 0.15) is 19.8 Å². The molecule has 0 radical (unpaired) electrons. The summed E-state index contributed by atoms with van der Waals surface area (Å²) in [7, 11) is 1.95. The highest BCUT2D eigenvalue weighted by Crippen LogP contribution is 2.12. The Balaban J connectivity index is 2.60. The zero-order chi connectivity index (χ0) is 7.56. The molecule has 0 aromatic rings. The van der Waals surface area contributed by atoms with Crippen LogP contribution in [0.25, 0.3) is 0 Å². The van der Waals surface area contributed by atoms with Crippen molar-refractivity contribution in [2.45, 2.75) is 25.8 Å². The van der Waals surface area contributed by atoms with Gasteiger partial charge in [-0.2, -0.15) is 0 Å². The van der Waals surface area contributed by atoms with Gasteiger partial charge in [-0.15, -0.1) is 0 Å². The molecule has 1 heterocycles. The summed E-state index contributed by atoms with van der Waals surface area (Å²) in [4.78, 5) is 12.9. The molecule has 1 atom stereocenters. The maximum absolute atomic E-state index is 10.9. The molecule has 10 heavy (non-hydrogen) atoms. The van der Waals surface area contributed by atoms with Gasteiger partial charge in [-0.25, -0.2) is 0 Å². The van der Waals surface area contributed by atoms with Crippen molar-refractivity contribution in [1.82, 2.24) is 4.90 Å². The van der Waals surface area contributed by atoms with Crippen molar-refractivity contribution in [2.24, 2.45) is 0 Å². The predicted octanol–water partition coefficient (Wildman–Crippen LogP) is 1.18. The second-order valence-electron chi connectivity index (χ2n) is 2.75. The lowest BCUT2D eigenvalue weighted by molar-refractivity contribution is -0.121. The molecule has 0 aliphatic carbocycles. The first-order valence-electron chi connectivity index (χ1n) is 3.61. The van der Waals surface area contributed by atoms with Gasteiger partial charge in [-0.3, -0.25) is 4.79 Å². The molecule has 0 aromatic carbocycles. The van der Waals surface area contributed by atoms with Gasteiger partial charge < -0.3 is 4.90 Å². The maximum Gasteiger partial charge on any atom is 0.152 e. The summed E-state index contributed by atoms with van der Waals surface area (Å²) >= 11 is 0. The molecule has 1 aliphatic rings. The van der Waals surface area contributed by atoms with E-state index in [2.05, 4.69) is 6.08 Å². The fourth-order valence-corrected chi connectivity index (χ4v) is 1.29. The SMILES string of the molecule is CC(=O)C1CCC=CN1C. The first-order valence-corrected chi connectivity index (χ1v) is 3.61. The van der Waals surface area contributed by atoms with Crippen LogP contribution in [0, 0.1) is 0 Å². The summed E-state index contributed by atoms with van der Waals surface area (Å²) in [5, 5.41) is 0. The minimum absolute atomic E-state index is 0.130. The first-order chi connectivity index (χ1) is 4.72. The van der Waals surface area contributed by atoms with Crippen molar-refractivity contribution in [3.05, 3.63) is 12.3 Å². The summed E-state index contributed by atoms with van der Waals surface area (Å²) in [6.07, 6.45) is 6.09. The van der Waals surface area contributed by atoms with Crippen LogP contribution in [-0.4, -0.2) is 23.8 Å². The molecule has 0 aromatic heterocycles. The second kappa shape index (κ2) is 2.86. The predicted molar refractivity (Wildman–Crippen MR) is 40.6 cm³/mol. The third-order valence-corrected chi connectivity index (χ3v) is 1.91. The first kappa shape index (κ1) is 7.32. The van der Waals surface area contributed by atoms with Gasteiger partial charge in [-0.05, 0) is 26.0 Å². The van der Waals surface area contributed by atoms with Gasteiger partial charge in [0, 0.05) is 7.05 Å². The highest BCUT2D eigenvalue weighted by Gasteiger charge is 2.18. The van der Waals surface area contributed by atoms with Gasteiger partial charge in [0.05, 0.1) is 6.04 Å². The molecule has 0 amide bonds. The third kappa shape index (κ3) is 1.38. The largest absolute Gasteiger partial charge is 0.371 e. The van der Waals surface area contributed by atoms with Gasteiger partial charge in [0.1, 0.15) is 0 Å². The van der Waals surface area contributed by atoms with E-state index in [4.69, 9.17) is 0 Å². The lowest BCUT2D eigenvalue weighted by Crippen LogP contribution is -2.35. The monoisotopic (exact) mass is 139 g/mol. The number of allylic oxidation sites excluding steroid dienone is 1. The highest BCUT2D eigenvalue weighted by molar-refractivity contribution is 5.81. The second-order valence-corrected chi connectivity index (χ2v) is 2.75. The van der Waals surface area contributed by atoms with Gasteiger partial charge in [0.2, 0.25) is 0 Å². The maximum atomic E-state index is 10.9. The number of carbonyl (C=O) groups is 1. The molecular weight excluding hydrogens is 126 g/mol. The standard InChI is InChI=1S/C8H13NO/c1-7(10)8-5-3-4-6-9(8)2/h4,6,8H,3,5H2,1-2H3. The van der Waals surface area contributed by atoms with E-state index in [9.17, 15) is 4.79 Å². The summed E-state index contributed by atoms with van der Waals surface area (Å²) in [5.41, 5.74) is 0. The summed E-state index contributed by atoms with van der Waals surface area (Å²) in [6, 6.07) is 0.130. The fraction of sp³-hybridized carbons (Fsp3) is 0.625. The minimum atomic E-state index is 0.130. The Labute approximate surface area is 61.5 Å². The Morgan fingerprint density at radius 3 is 2.80 bits per heavy atom. The van der Waals surface area contributed by atoms with Crippen molar-refractivity contribution in [3.8, 4) is 0 Å². The molecule has 0 saturated heterocycles. The van der Waals surface area contributed by atoms with Gasteiger partial charge in [-0.1, -0.05) is 6.08 Å². The van der Waals surface area contributed by atoms with Crippen molar-refractivity contribution < 1.29 is 4.79 Å². The average Bonchev–Trinajstić information content (AvgIpc) is 1.88. The smallest absolute Gasteiger partial charge is 0.152 e. The molecule has 0 spiro atoms. The van der Waals surface area contributed by atoms with Crippen LogP contribution in [0.5, 0.6) is 0 Å². The summed E-state index contributed by atoms with van der Waals surface area (Å²) in [5.74, 6) is 0.270. The molecule has 2 heteroatoms. The minimum Gasteiger partial charge on any atom is -0.371 e. The average molecular weight is 139 g/mol. The quantitative estimate of drug-likeness (QED) is 0.543. The normalized spacial score (nSPS) is 25.0. The highest BCUT2D eigenvalue weighted by atomic mass is 16.1. The number of likely N-dealkylation sites (N-methyl/N-ethyl adjacent to an activating group) is 1. The van der Waals surface area contributed by atoms with Crippen molar-refractivity contribution in [3.63, 3.8) is 0 Å². The van der Waals surface area contributed by atoms with Crippen molar-refractivity contribution >= 4 is 5.78 Å². The molecule has 0 saturated carbocycles. The van der Waals surface area contributed by atoms with Gasteiger partial charge in [0.15, 0.2) is 5.78 Å². The number of Topliss-reactive ketones (excluding diaryl/α,β-unsaturated/α-hetero) is 1. The van der Waals surface area contributed by atoms with Gasteiger partial charge in [0.25, 0.3) is 0 Å². The number of hydrogen-bond donors (Lipinski definition) is 0. The molecule has 1 rings (SSSR count). The zero-order valence-electron chi connectivity index (χ0n) is 6.50. The molecule has 0 N–H and O–H groups in total. The number of ketones is 1. The van der Waals surface area contributed by atoms with Crippen LogP contribution < -0.4 is 0 Å². The fourth-order valence-electron chi connectivity index (χ4n) is 1.29. The lowest BCUT2D eigenvalue weighted by Gasteiger charge is -2.27. The van der Waals surface area contributed by atoms with Crippen LogP contribution in [0.4, 0.5) is 0 Å². The Bertz CT molecular complexity index is 163. The molecule has 1 aliphatic heterocycles. The molecule has 0 bridgehead atoms. The lowest BCUT2D eigenvalue weighted by atomic mass is 10.0. The van der Waals surface area contributed by atoms with Crippen LogP contribution in [0.15, 0.2) is 12.3 Å². The zero-order valence-corrected chi connectivity index (χ0v) is 6.50. The van der Waals surface area contributed by atoms with Crippen molar-refractivity contribution in [1.29, 1.82) is 0 Å². The van der Waals surface area contributed by atoms with E-state index in [1.807, 2.05) is 18.1 Å². The van der Waals surface area contributed by atoms with E-state index < -0.39 is 0 Å². The molecule has 0 fully saturated rings. The van der Waals surface area contributed by atoms with E-state index in [0.717, 1.165) is 12.8 Å².